The summed E-state index contributed by atoms with van der Waals surface area (Å²) in [4.78, 5) is 24.3. The van der Waals surface area contributed by atoms with Crippen LogP contribution in [-0.2, 0) is 20.7 Å². The van der Waals surface area contributed by atoms with Crippen LogP contribution in [-0.4, -0.2) is 53.2 Å². The van der Waals surface area contributed by atoms with Gasteiger partial charge in [0.05, 0.1) is 19.1 Å². The Kier molecular flexibility index (Phi) is 4.59. The summed E-state index contributed by atoms with van der Waals surface area (Å²) in [5.41, 5.74) is 6.38. The van der Waals surface area contributed by atoms with Crippen LogP contribution in [0.2, 0.25) is 0 Å². The van der Waals surface area contributed by atoms with Crippen LogP contribution in [0.5, 0.6) is 0 Å². The van der Waals surface area contributed by atoms with Crippen LogP contribution in [0.1, 0.15) is 12.5 Å². The summed E-state index contributed by atoms with van der Waals surface area (Å²) < 4.78 is 5.27. The van der Waals surface area contributed by atoms with E-state index in [1.165, 1.54) is 0 Å². The number of nitrogens with two attached hydrogens (primary N) is 1. The Morgan fingerprint density at radius 2 is 2.00 bits per heavy atom. The number of carbonyl (C=O) groups is 2. The van der Waals surface area contributed by atoms with Gasteiger partial charge in [-0.3, -0.25) is 4.79 Å². The van der Waals surface area contributed by atoms with Crippen molar-refractivity contribution in [2.24, 2.45) is 5.73 Å². The Bertz CT molecular complexity index is 512. The van der Waals surface area contributed by atoms with E-state index in [1.807, 2.05) is 30.3 Å². The van der Waals surface area contributed by atoms with Crippen LogP contribution in [0, 0.1) is 0 Å². The maximum atomic E-state index is 12.2. The zero-order valence-electron chi connectivity index (χ0n) is 12.0. The third-order valence-corrected chi connectivity index (χ3v) is 3.52. The van der Waals surface area contributed by atoms with Crippen LogP contribution in [0.4, 0.5) is 0 Å². The molecule has 1 saturated heterocycles. The van der Waals surface area contributed by atoms with Crippen molar-refractivity contribution in [2.45, 2.75) is 25.0 Å². The molecule has 1 fully saturated rings. The molecule has 3 N–H and O–H groups in total. The van der Waals surface area contributed by atoms with Crippen molar-refractivity contribution in [3.63, 3.8) is 0 Å². The fraction of sp³-hybridized carbons (Fsp3) is 0.467. The predicted octanol–water partition coefficient (Wildman–Crippen LogP) is 0.259. The average molecular weight is 292 g/mol. The van der Waals surface area contributed by atoms with Gasteiger partial charge >= 0.3 is 5.97 Å². The molecule has 1 heterocycles. The maximum Gasteiger partial charge on any atom is 0.329 e. The number of ether oxygens (including phenoxy) is 1. The number of aliphatic carboxylic acids is 1. The molecule has 1 atom stereocenters. The minimum Gasteiger partial charge on any atom is -0.480 e. The Hall–Kier alpha value is -1.92. The highest BCUT2D eigenvalue weighted by Gasteiger charge is 2.43. The molecule has 1 aromatic carbocycles. The van der Waals surface area contributed by atoms with Crippen molar-refractivity contribution in [3.8, 4) is 0 Å². The Balaban J connectivity index is 1.81. The van der Waals surface area contributed by atoms with Gasteiger partial charge in [-0.2, -0.15) is 0 Å². The third-order valence-electron chi connectivity index (χ3n) is 3.52. The highest BCUT2D eigenvalue weighted by atomic mass is 16.5. The first-order valence-corrected chi connectivity index (χ1v) is 6.84. The molecule has 21 heavy (non-hydrogen) atoms. The molecule has 0 aromatic heterocycles. The van der Waals surface area contributed by atoms with E-state index in [1.54, 1.807) is 11.8 Å². The monoisotopic (exact) mass is 292 g/mol. The van der Waals surface area contributed by atoms with Gasteiger partial charge in [-0.25, -0.2) is 4.79 Å². The lowest BCUT2D eigenvalue weighted by atomic mass is 9.94. The summed E-state index contributed by atoms with van der Waals surface area (Å²) in [7, 11) is 0. The number of nitrogens with zero attached hydrogens (tertiary/aromatic N) is 1. The van der Waals surface area contributed by atoms with Crippen molar-refractivity contribution in [3.05, 3.63) is 35.9 Å². The van der Waals surface area contributed by atoms with Gasteiger partial charge in [0, 0.05) is 0 Å². The highest BCUT2D eigenvalue weighted by molar-refractivity contribution is 5.83. The van der Waals surface area contributed by atoms with Crippen molar-refractivity contribution < 1.29 is 19.4 Å². The summed E-state index contributed by atoms with van der Waals surface area (Å²) >= 11 is 0. The van der Waals surface area contributed by atoms with Gasteiger partial charge in [0.15, 0.2) is 0 Å². The number of carbonyl (C=O) groups excluding carboxylic acids is 1. The fourth-order valence-corrected chi connectivity index (χ4v) is 2.43. The predicted molar refractivity (Wildman–Crippen MR) is 76.7 cm³/mol. The first-order chi connectivity index (χ1) is 9.89. The Morgan fingerprint density at radius 3 is 2.57 bits per heavy atom. The summed E-state index contributed by atoms with van der Waals surface area (Å²) in [6, 6.07) is 9.01. The lowest BCUT2D eigenvalue weighted by Gasteiger charge is -2.48. The van der Waals surface area contributed by atoms with Gasteiger partial charge in [0.25, 0.3) is 0 Å². The first kappa shape index (κ1) is 15.5. The molecule has 1 aromatic rings. The van der Waals surface area contributed by atoms with Gasteiger partial charge in [-0.15, -0.1) is 0 Å². The zero-order valence-corrected chi connectivity index (χ0v) is 12.0. The minimum atomic E-state index is -1.01. The van der Waals surface area contributed by atoms with E-state index in [0.29, 0.717) is 19.5 Å². The van der Waals surface area contributed by atoms with Crippen molar-refractivity contribution in [1.29, 1.82) is 0 Å². The number of benzene rings is 1. The van der Waals surface area contributed by atoms with E-state index in [4.69, 9.17) is 15.6 Å². The molecule has 6 heteroatoms. The number of amides is 1. The smallest absolute Gasteiger partial charge is 0.329 e. The van der Waals surface area contributed by atoms with Crippen LogP contribution < -0.4 is 5.73 Å². The average Bonchev–Trinajstić information content (AvgIpc) is 2.42. The first-order valence-electron chi connectivity index (χ1n) is 6.84. The molecule has 0 aliphatic carbocycles. The van der Waals surface area contributed by atoms with Gasteiger partial charge in [0.1, 0.15) is 12.2 Å². The molecule has 0 unspecified atom stereocenters. The van der Waals surface area contributed by atoms with Crippen molar-refractivity contribution in [2.75, 3.05) is 19.7 Å². The van der Waals surface area contributed by atoms with E-state index in [-0.39, 0.29) is 12.5 Å². The molecule has 114 valence electrons. The summed E-state index contributed by atoms with van der Waals surface area (Å²) in [5, 5.41) is 8.60. The number of carboxylic acids is 1. The molecular formula is C15H20N2O4. The lowest BCUT2D eigenvalue weighted by Crippen LogP contribution is -2.66. The van der Waals surface area contributed by atoms with Crippen LogP contribution >= 0.6 is 0 Å². The van der Waals surface area contributed by atoms with Gasteiger partial charge in [-0.1, -0.05) is 30.3 Å². The summed E-state index contributed by atoms with van der Waals surface area (Å²) in [6.45, 7) is 2.19. The Morgan fingerprint density at radius 1 is 1.38 bits per heavy atom. The summed E-state index contributed by atoms with van der Waals surface area (Å²) in [5.74, 6) is -1.14. The molecular weight excluding hydrogens is 272 g/mol. The Labute approximate surface area is 123 Å². The maximum absolute atomic E-state index is 12.2. The normalized spacial score (nSPS) is 17.9. The van der Waals surface area contributed by atoms with Crippen LogP contribution in [0.3, 0.4) is 0 Å². The zero-order chi connectivity index (χ0) is 15.5. The molecule has 0 bridgehead atoms. The number of hydrogen-bond acceptors (Lipinski definition) is 4. The highest BCUT2D eigenvalue weighted by Crippen LogP contribution is 2.25. The van der Waals surface area contributed by atoms with Crippen molar-refractivity contribution >= 4 is 11.9 Å². The van der Waals surface area contributed by atoms with E-state index in [0.717, 1.165) is 5.56 Å². The van der Waals surface area contributed by atoms with Crippen LogP contribution in [0.25, 0.3) is 0 Å². The van der Waals surface area contributed by atoms with E-state index in [2.05, 4.69) is 0 Å². The molecule has 1 aliphatic rings. The standard InChI is InChI=1S/C15H20N2O4/c1-15(21-8-13(18)19)9-17(10-15)14(20)12(16)7-11-5-3-2-4-6-11/h2-6,12H,7-10,16H2,1H3,(H,18,19)/t12-/m0/s1. The molecule has 2 rings (SSSR count). The molecule has 1 amide bonds. The molecule has 6 nitrogen and oxygen atoms in total. The fourth-order valence-electron chi connectivity index (χ4n) is 2.43. The minimum absolute atomic E-state index is 0.129. The summed E-state index contributed by atoms with van der Waals surface area (Å²) in [6.07, 6.45) is 0.489. The molecule has 0 radical (unpaired) electrons. The lowest BCUT2D eigenvalue weighted by molar-refractivity contribution is -0.174. The number of carboxylic acid groups (broad SMARTS) is 1. The number of likely N-dealkylation sites (tertiary alicyclic amines) is 1. The molecule has 1 aliphatic heterocycles. The largest absolute Gasteiger partial charge is 0.480 e. The number of hydrogen-bond donors (Lipinski definition) is 2. The topological polar surface area (TPSA) is 92.9 Å². The number of rotatable bonds is 6. The van der Waals surface area contributed by atoms with E-state index < -0.39 is 17.6 Å². The van der Waals surface area contributed by atoms with Crippen LogP contribution in [0.15, 0.2) is 30.3 Å². The second-order valence-electron chi connectivity index (χ2n) is 5.62. The van der Waals surface area contributed by atoms with Gasteiger partial charge in [-0.05, 0) is 18.9 Å². The second kappa shape index (κ2) is 6.24. The second-order valence-corrected chi connectivity index (χ2v) is 5.62. The van der Waals surface area contributed by atoms with E-state index >= 15 is 0 Å². The molecule has 0 spiro atoms. The third kappa shape index (κ3) is 4.03. The van der Waals surface area contributed by atoms with Gasteiger partial charge in [0.2, 0.25) is 5.91 Å². The SMILES string of the molecule is CC1(OCC(=O)O)CN(C(=O)[C@@H](N)Cc2ccccc2)C1. The van der Waals surface area contributed by atoms with Crippen molar-refractivity contribution in [1.82, 2.24) is 4.90 Å². The quantitative estimate of drug-likeness (QED) is 0.784. The van der Waals surface area contributed by atoms with E-state index in [9.17, 15) is 9.59 Å². The molecule has 0 saturated carbocycles. The van der Waals surface area contributed by atoms with Gasteiger partial charge < -0.3 is 20.5 Å².